The van der Waals surface area contributed by atoms with Crippen LogP contribution < -0.4 is 5.43 Å². The molecule has 8 heteroatoms. The van der Waals surface area contributed by atoms with E-state index in [-0.39, 0.29) is 12.5 Å². The molecule has 3 aromatic rings. The van der Waals surface area contributed by atoms with Gasteiger partial charge in [0.2, 0.25) is 5.82 Å². The first-order chi connectivity index (χ1) is 11.7. The molecule has 0 spiro atoms. The van der Waals surface area contributed by atoms with E-state index < -0.39 is 0 Å². The maximum absolute atomic E-state index is 11.8. The van der Waals surface area contributed by atoms with Gasteiger partial charge in [-0.05, 0) is 11.3 Å². The van der Waals surface area contributed by atoms with Crippen molar-refractivity contribution < 1.29 is 4.79 Å². The summed E-state index contributed by atoms with van der Waals surface area (Å²) < 4.78 is 0. The molecule has 1 amide bonds. The number of benzene rings is 2. The lowest BCUT2D eigenvalue weighted by Crippen LogP contribution is -2.24. The van der Waals surface area contributed by atoms with E-state index in [0.717, 1.165) is 5.56 Å². The fourth-order valence-corrected chi connectivity index (χ4v) is 2.11. The monoisotopic (exact) mass is 340 g/mol. The van der Waals surface area contributed by atoms with Crippen LogP contribution in [0.4, 0.5) is 0 Å². The zero-order valence-corrected chi connectivity index (χ0v) is 13.3. The molecule has 1 N–H and O–H groups in total. The van der Waals surface area contributed by atoms with Crippen LogP contribution in [0.1, 0.15) is 5.56 Å². The van der Waals surface area contributed by atoms with Crippen LogP contribution in [0.15, 0.2) is 59.7 Å². The molecule has 7 nitrogen and oxygen atoms in total. The molecular formula is C16H13ClN6O. The highest BCUT2D eigenvalue weighted by Crippen LogP contribution is 2.12. The fourth-order valence-electron chi connectivity index (χ4n) is 1.93. The number of hydrogen-bond donors (Lipinski definition) is 1. The van der Waals surface area contributed by atoms with E-state index in [0.29, 0.717) is 16.4 Å². The topological polar surface area (TPSA) is 85.1 Å². The molecule has 0 bridgehead atoms. The summed E-state index contributed by atoms with van der Waals surface area (Å²) in [6.07, 6.45) is 1.48. The van der Waals surface area contributed by atoms with Gasteiger partial charge >= 0.3 is 0 Å². The smallest absolute Gasteiger partial charge is 0.263 e. The summed E-state index contributed by atoms with van der Waals surface area (Å²) in [6, 6.07) is 16.6. The van der Waals surface area contributed by atoms with Crippen LogP contribution in [0.5, 0.6) is 0 Å². The standard InChI is InChI=1S/C16H13ClN6O/c17-14-9-5-4-8-13(14)10-18-19-15(24)11-23-21-16(20-22-23)12-6-2-1-3-7-12/h1-10H,11H2,(H,19,24)/b18-10+. The normalized spacial score (nSPS) is 10.9. The minimum atomic E-state index is -0.365. The Morgan fingerprint density at radius 3 is 2.71 bits per heavy atom. The van der Waals surface area contributed by atoms with Gasteiger partial charge in [-0.15, -0.1) is 10.2 Å². The molecule has 0 unspecified atom stereocenters. The van der Waals surface area contributed by atoms with Gasteiger partial charge in [-0.1, -0.05) is 60.1 Å². The molecule has 1 heterocycles. The van der Waals surface area contributed by atoms with Gasteiger partial charge in [0.15, 0.2) is 0 Å². The van der Waals surface area contributed by atoms with Gasteiger partial charge in [0.05, 0.1) is 6.21 Å². The highest BCUT2D eigenvalue weighted by Gasteiger charge is 2.08. The first-order valence-electron chi connectivity index (χ1n) is 7.12. The van der Waals surface area contributed by atoms with Gasteiger partial charge < -0.3 is 0 Å². The highest BCUT2D eigenvalue weighted by molar-refractivity contribution is 6.33. The SMILES string of the molecule is O=C(Cn1nnc(-c2ccccc2)n1)N/N=C/c1ccccc1Cl. The number of rotatable bonds is 5. The summed E-state index contributed by atoms with van der Waals surface area (Å²) in [6.45, 7) is -0.0836. The molecule has 0 atom stereocenters. The molecule has 0 saturated heterocycles. The van der Waals surface area contributed by atoms with Crippen LogP contribution >= 0.6 is 11.6 Å². The second-order valence-electron chi connectivity index (χ2n) is 4.82. The van der Waals surface area contributed by atoms with Crippen LogP contribution in [-0.4, -0.2) is 32.3 Å². The average molecular weight is 341 g/mol. The van der Waals surface area contributed by atoms with E-state index in [1.807, 2.05) is 42.5 Å². The summed E-state index contributed by atoms with van der Waals surface area (Å²) in [5.74, 6) is 0.0956. The Bertz CT molecular complexity index is 862. The number of aromatic nitrogens is 4. The van der Waals surface area contributed by atoms with Gasteiger partial charge in [0.1, 0.15) is 6.54 Å². The van der Waals surface area contributed by atoms with Crippen molar-refractivity contribution in [1.82, 2.24) is 25.6 Å². The van der Waals surface area contributed by atoms with Crippen molar-refractivity contribution >= 4 is 23.7 Å². The van der Waals surface area contributed by atoms with Crippen LogP contribution in [0.3, 0.4) is 0 Å². The maximum Gasteiger partial charge on any atom is 0.263 e. The van der Waals surface area contributed by atoms with Gasteiger partial charge in [0.25, 0.3) is 5.91 Å². The van der Waals surface area contributed by atoms with E-state index >= 15 is 0 Å². The fraction of sp³-hybridized carbons (Fsp3) is 0.0625. The number of carbonyl (C=O) groups excluding carboxylic acids is 1. The van der Waals surface area contributed by atoms with Crippen LogP contribution in [0.2, 0.25) is 5.02 Å². The molecule has 0 fully saturated rings. The lowest BCUT2D eigenvalue weighted by molar-refractivity contribution is -0.122. The van der Waals surface area contributed by atoms with Crippen LogP contribution in [0.25, 0.3) is 11.4 Å². The predicted octanol–water partition coefficient (Wildman–Crippen LogP) is 2.14. The summed E-state index contributed by atoms with van der Waals surface area (Å²) in [4.78, 5) is 13.1. The average Bonchev–Trinajstić information content (AvgIpc) is 3.06. The molecule has 0 aliphatic heterocycles. The van der Waals surface area contributed by atoms with E-state index in [4.69, 9.17) is 11.6 Å². The Morgan fingerprint density at radius 2 is 1.92 bits per heavy atom. The molecule has 0 radical (unpaired) electrons. The first-order valence-corrected chi connectivity index (χ1v) is 7.50. The molecule has 1 aromatic heterocycles. The maximum atomic E-state index is 11.8. The Labute approximate surface area is 143 Å². The number of nitrogens with zero attached hydrogens (tertiary/aromatic N) is 5. The Balaban J connectivity index is 1.58. The van der Waals surface area contributed by atoms with Gasteiger partial charge in [-0.25, -0.2) is 5.43 Å². The van der Waals surface area contributed by atoms with Gasteiger partial charge in [-0.3, -0.25) is 4.79 Å². The number of halogens is 1. The van der Waals surface area contributed by atoms with E-state index in [1.165, 1.54) is 11.0 Å². The third kappa shape index (κ3) is 4.02. The zero-order valence-electron chi connectivity index (χ0n) is 12.5. The van der Waals surface area contributed by atoms with Crippen molar-refractivity contribution in [3.05, 3.63) is 65.2 Å². The first kappa shape index (κ1) is 15.8. The van der Waals surface area contributed by atoms with Crippen molar-refractivity contribution in [1.29, 1.82) is 0 Å². The van der Waals surface area contributed by atoms with Crippen LogP contribution in [-0.2, 0) is 11.3 Å². The van der Waals surface area contributed by atoms with Crippen LogP contribution in [0, 0.1) is 0 Å². The Hall–Kier alpha value is -3.06. The summed E-state index contributed by atoms with van der Waals surface area (Å²) in [7, 11) is 0. The third-order valence-electron chi connectivity index (χ3n) is 3.07. The Morgan fingerprint density at radius 1 is 1.17 bits per heavy atom. The molecular weight excluding hydrogens is 328 g/mol. The summed E-state index contributed by atoms with van der Waals surface area (Å²) in [5.41, 5.74) is 3.95. The number of hydrogen-bond acceptors (Lipinski definition) is 5. The summed E-state index contributed by atoms with van der Waals surface area (Å²) >= 11 is 5.99. The molecule has 0 aliphatic rings. The summed E-state index contributed by atoms with van der Waals surface area (Å²) in [5, 5.41) is 16.4. The number of tetrazole rings is 1. The number of carbonyl (C=O) groups is 1. The quantitative estimate of drug-likeness (QED) is 0.569. The van der Waals surface area contributed by atoms with Crippen molar-refractivity contribution in [2.24, 2.45) is 5.10 Å². The second-order valence-corrected chi connectivity index (χ2v) is 5.23. The van der Waals surface area contributed by atoms with Gasteiger partial charge in [0, 0.05) is 16.1 Å². The van der Waals surface area contributed by atoms with Crippen molar-refractivity contribution in [3.8, 4) is 11.4 Å². The lowest BCUT2D eigenvalue weighted by atomic mass is 10.2. The second kappa shape index (κ2) is 7.47. The third-order valence-corrected chi connectivity index (χ3v) is 3.41. The minimum absolute atomic E-state index is 0.0836. The largest absolute Gasteiger partial charge is 0.271 e. The molecule has 0 saturated carbocycles. The molecule has 2 aromatic carbocycles. The van der Waals surface area contributed by atoms with E-state index in [9.17, 15) is 4.79 Å². The lowest BCUT2D eigenvalue weighted by Gasteiger charge is -1.99. The minimum Gasteiger partial charge on any atom is -0.271 e. The van der Waals surface area contributed by atoms with Crippen molar-refractivity contribution in [3.63, 3.8) is 0 Å². The van der Waals surface area contributed by atoms with E-state index in [2.05, 4.69) is 25.9 Å². The molecule has 120 valence electrons. The number of amides is 1. The number of hydrazone groups is 1. The molecule has 0 aliphatic carbocycles. The van der Waals surface area contributed by atoms with Gasteiger partial charge in [-0.2, -0.15) is 9.90 Å². The highest BCUT2D eigenvalue weighted by atomic mass is 35.5. The molecule has 24 heavy (non-hydrogen) atoms. The number of nitrogens with one attached hydrogen (secondary N) is 1. The Kier molecular flexibility index (Phi) is 4.93. The van der Waals surface area contributed by atoms with E-state index in [1.54, 1.807) is 12.1 Å². The zero-order chi connectivity index (χ0) is 16.8. The predicted molar refractivity (Wildman–Crippen MR) is 90.4 cm³/mol. The van der Waals surface area contributed by atoms with Crippen molar-refractivity contribution in [2.75, 3.05) is 0 Å². The molecule has 3 rings (SSSR count). The van der Waals surface area contributed by atoms with Crippen molar-refractivity contribution in [2.45, 2.75) is 6.54 Å².